The first kappa shape index (κ1) is 11.8. The van der Waals surface area contributed by atoms with Crippen LogP contribution in [0.25, 0.3) is 0 Å². The van der Waals surface area contributed by atoms with Crippen molar-refractivity contribution in [2.24, 2.45) is 5.11 Å². The molecule has 0 heterocycles. The monoisotopic (exact) mass is 221 g/mol. The minimum atomic E-state index is -0.600. The van der Waals surface area contributed by atoms with Crippen LogP contribution in [-0.2, 0) is 11.3 Å². The Morgan fingerprint density at radius 2 is 2.12 bits per heavy atom. The minimum absolute atomic E-state index is 0.0376. The fraction of sp³-hybridized carbons (Fsp3) is 0.200. The lowest BCUT2D eigenvalue weighted by molar-refractivity contribution is -0.207. The molecule has 0 aromatic heterocycles. The normalized spacial score (nSPS) is 9.25. The predicted molar refractivity (Wildman–Crippen MR) is 56.7 cm³/mol. The van der Waals surface area contributed by atoms with E-state index in [-0.39, 0.29) is 19.0 Å². The molecule has 16 heavy (non-hydrogen) atoms. The van der Waals surface area contributed by atoms with Crippen molar-refractivity contribution in [1.29, 1.82) is 5.41 Å². The van der Waals surface area contributed by atoms with Crippen LogP contribution in [0.3, 0.4) is 0 Å². The van der Waals surface area contributed by atoms with E-state index >= 15 is 0 Å². The number of carbonyl (C=O) groups is 1. The van der Waals surface area contributed by atoms with E-state index in [4.69, 9.17) is 15.7 Å². The summed E-state index contributed by atoms with van der Waals surface area (Å²) in [5.41, 5.74) is 5.73. The number of carbonyl (C=O) groups excluding carboxylic acids is 1. The highest BCUT2D eigenvalue weighted by molar-refractivity contribution is 5.84. The van der Waals surface area contributed by atoms with Crippen LogP contribution in [0.4, 0.5) is 4.79 Å². The van der Waals surface area contributed by atoms with Gasteiger partial charge in [0.1, 0.15) is 6.61 Å². The number of hydrogen-bond acceptors (Lipinski definition) is 3. The van der Waals surface area contributed by atoms with Crippen LogP contribution in [-0.4, -0.2) is 18.5 Å². The number of amides is 1. The van der Waals surface area contributed by atoms with Crippen LogP contribution >= 0.6 is 0 Å². The number of nitrogens with two attached hydrogens (primary N) is 1. The van der Waals surface area contributed by atoms with Crippen LogP contribution in [0.5, 0.6) is 0 Å². The molecule has 0 spiro atoms. The second kappa shape index (κ2) is 6.28. The molecule has 1 amide bonds. The second-order valence-corrected chi connectivity index (χ2v) is 2.99. The molecule has 0 aliphatic carbocycles. The largest absolute Gasteiger partial charge is 0.445 e. The molecular formula is C10H13N4O2+. The van der Waals surface area contributed by atoms with Gasteiger partial charge in [0.2, 0.25) is 5.84 Å². The van der Waals surface area contributed by atoms with E-state index in [9.17, 15) is 4.79 Å². The standard InChI is InChI=1S/C10H12N4O2/c11-9(14-12)6-13-10(15)16-7-8-4-2-1-3-5-8/h1-5,11-12H,6-7H2,(H,13,15)/p+1. The van der Waals surface area contributed by atoms with Crippen LogP contribution < -0.4 is 10.8 Å². The van der Waals surface area contributed by atoms with Crippen molar-refractivity contribution in [3.05, 3.63) is 35.9 Å². The molecule has 0 unspecified atom stereocenters. The summed E-state index contributed by atoms with van der Waals surface area (Å²) in [6.07, 6.45) is -0.600. The maximum Gasteiger partial charge on any atom is 0.407 e. The van der Waals surface area contributed by atoms with Gasteiger partial charge in [-0.15, -0.1) is 0 Å². The number of nitrogens with one attached hydrogen (secondary N) is 2. The molecule has 1 aromatic rings. The first-order valence-electron chi connectivity index (χ1n) is 4.65. The lowest BCUT2D eigenvalue weighted by Gasteiger charge is -2.05. The number of rotatable bonds is 4. The SMILES string of the molecule is N=C(CNC(=O)OCc1ccccc1)N=[NH2+]. The quantitative estimate of drug-likeness (QED) is 0.381. The molecule has 1 aromatic carbocycles. The van der Waals surface area contributed by atoms with Gasteiger partial charge in [-0.25, -0.2) is 4.79 Å². The topological polar surface area (TPSA) is 100 Å². The number of ether oxygens (including phenoxy) is 1. The molecule has 0 saturated heterocycles. The Labute approximate surface area is 92.6 Å². The summed E-state index contributed by atoms with van der Waals surface area (Å²) in [6, 6.07) is 9.31. The van der Waals surface area contributed by atoms with Crippen molar-refractivity contribution < 1.29 is 15.1 Å². The van der Waals surface area contributed by atoms with Crippen molar-refractivity contribution in [2.75, 3.05) is 6.54 Å². The Bertz CT molecular complexity index is 378. The average molecular weight is 221 g/mol. The summed E-state index contributed by atoms with van der Waals surface area (Å²) in [5.74, 6) is -0.114. The van der Waals surface area contributed by atoms with Gasteiger partial charge in [-0.1, -0.05) is 30.3 Å². The summed E-state index contributed by atoms with van der Waals surface area (Å²) >= 11 is 0. The number of alkyl carbamates (subject to hydrolysis) is 1. The second-order valence-electron chi connectivity index (χ2n) is 2.99. The molecule has 84 valence electrons. The first-order chi connectivity index (χ1) is 7.72. The molecule has 0 atom stereocenters. The van der Waals surface area contributed by atoms with Gasteiger partial charge in [-0.3, -0.25) is 5.41 Å². The van der Waals surface area contributed by atoms with Crippen molar-refractivity contribution in [3.8, 4) is 0 Å². The fourth-order valence-electron chi connectivity index (χ4n) is 0.976. The van der Waals surface area contributed by atoms with Gasteiger partial charge >= 0.3 is 6.09 Å². The van der Waals surface area contributed by atoms with Crippen LogP contribution in [0.15, 0.2) is 35.4 Å². The van der Waals surface area contributed by atoms with Gasteiger partial charge in [0.05, 0.1) is 6.54 Å². The lowest BCUT2D eigenvalue weighted by atomic mass is 10.2. The number of amidine groups is 1. The molecule has 6 nitrogen and oxygen atoms in total. The number of nitrogens with zero attached hydrogens (tertiary/aromatic N) is 1. The van der Waals surface area contributed by atoms with Crippen LogP contribution in [0.1, 0.15) is 5.56 Å². The zero-order chi connectivity index (χ0) is 11.8. The molecule has 6 heteroatoms. The van der Waals surface area contributed by atoms with Gasteiger partial charge in [-0.05, 0) is 5.56 Å². The van der Waals surface area contributed by atoms with E-state index < -0.39 is 6.09 Å². The molecular weight excluding hydrogens is 208 g/mol. The zero-order valence-electron chi connectivity index (χ0n) is 8.64. The molecule has 0 radical (unpaired) electrons. The third-order valence-electron chi connectivity index (χ3n) is 1.77. The summed E-state index contributed by atoms with van der Waals surface area (Å²) < 4.78 is 4.89. The summed E-state index contributed by atoms with van der Waals surface area (Å²) in [6.45, 7) is 0.157. The van der Waals surface area contributed by atoms with E-state index in [1.807, 2.05) is 30.3 Å². The van der Waals surface area contributed by atoms with Gasteiger partial charge in [-0.2, -0.15) is 5.53 Å². The summed E-state index contributed by atoms with van der Waals surface area (Å²) in [5, 5.41) is 12.5. The van der Waals surface area contributed by atoms with E-state index in [0.29, 0.717) is 0 Å². The third-order valence-corrected chi connectivity index (χ3v) is 1.77. The number of hydrogen-bond donors (Lipinski definition) is 3. The molecule has 0 saturated carbocycles. The minimum Gasteiger partial charge on any atom is -0.445 e. The summed E-state index contributed by atoms with van der Waals surface area (Å²) in [7, 11) is 0. The zero-order valence-corrected chi connectivity index (χ0v) is 8.64. The van der Waals surface area contributed by atoms with Crippen molar-refractivity contribution in [1.82, 2.24) is 5.32 Å². The Hall–Kier alpha value is -2.24. The van der Waals surface area contributed by atoms with Crippen molar-refractivity contribution in [2.45, 2.75) is 6.61 Å². The van der Waals surface area contributed by atoms with E-state index in [0.717, 1.165) is 5.56 Å². The maximum absolute atomic E-state index is 11.1. The maximum atomic E-state index is 11.1. The molecule has 0 aliphatic rings. The molecule has 1 rings (SSSR count). The summed E-state index contributed by atoms with van der Waals surface area (Å²) in [4.78, 5) is 11.1. The Balaban J connectivity index is 2.25. The predicted octanol–water partition coefficient (Wildman–Crippen LogP) is 0.101. The molecule has 0 aliphatic heterocycles. The smallest absolute Gasteiger partial charge is 0.407 e. The van der Waals surface area contributed by atoms with Crippen molar-refractivity contribution >= 4 is 11.9 Å². The van der Waals surface area contributed by atoms with Crippen LogP contribution in [0, 0.1) is 5.41 Å². The van der Waals surface area contributed by atoms with Gasteiger partial charge in [0.25, 0.3) is 0 Å². The fourth-order valence-corrected chi connectivity index (χ4v) is 0.976. The highest BCUT2D eigenvalue weighted by Gasteiger charge is 2.04. The van der Waals surface area contributed by atoms with Crippen molar-refractivity contribution in [3.63, 3.8) is 0 Å². The Morgan fingerprint density at radius 1 is 1.44 bits per heavy atom. The van der Waals surface area contributed by atoms with E-state index in [1.165, 1.54) is 0 Å². The van der Waals surface area contributed by atoms with Gasteiger partial charge < -0.3 is 10.1 Å². The first-order valence-corrected chi connectivity index (χ1v) is 4.65. The van der Waals surface area contributed by atoms with Gasteiger partial charge in [0, 0.05) is 5.11 Å². The van der Waals surface area contributed by atoms with E-state index in [1.54, 1.807) is 0 Å². The molecule has 4 N–H and O–H groups in total. The average Bonchev–Trinajstić information content (AvgIpc) is 2.34. The Kier molecular flexibility index (Phi) is 4.65. The highest BCUT2D eigenvalue weighted by atomic mass is 16.5. The van der Waals surface area contributed by atoms with Gasteiger partial charge in [0.15, 0.2) is 0 Å². The third kappa shape index (κ3) is 4.32. The van der Waals surface area contributed by atoms with E-state index in [2.05, 4.69) is 10.4 Å². The highest BCUT2D eigenvalue weighted by Crippen LogP contribution is 2.00. The molecule has 0 bridgehead atoms. The number of benzene rings is 1. The van der Waals surface area contributed by atoms with Crippen LogP contribution in [0.2, 0.25) is 0 Å². The molecule has 0 fully saturated rings. The lowest BCUT2D eigenvalue weighted by Crippen LogP contribution is -2.34. The Morgan fingerprint density at radius 3 is 2.75 bits per heavy atom.